The van der Waals surface area contributed by atoms with Crippen molar-refractivity contribution in [3.05, 3.63) is 78.4 Å². The number of aromatic nitrogens is 2. The minimum atomic E-state index is -3.61. The van der Waals surface area contributed by atoms with Gasteiger partial charge >= 0.3 is 0 Å². The smallest absolute Gasteiger partial charge is 0.255 e. The van der Waals surface area contributed by atoms with E-state index in [4.69, 9.17) is 0 Å². The van der Waals surface area contributed by atoms with E-state index in [1.165, 1.54) is 6.07 Å². The monoisotopic (exact) mass is 398 g/mol. The van der Waals surface area contributed by atoms with Crippen molar-refractivity contribution in [3.8, 4) is 0 Å². The van der Waals surface area contributed by atoms with Crippen LogP contribution in [0.4, 0.5) is 5.69 Å². The molecule has 0 atom stereocenters. The maximum atomic E-state index is 12.5. The van der Waals surface area contributed by atoms with E-state index >= 15 is 0 Å². The summed E-state index contributed by atoms with van der Waals surface area (Å²) in [5.74, 6) is -0.239. The molecule has 1 amide bonds. The number of hydrogen-bond donors (Lipinski definition) is 2. The molecule has 146 valence electrons. The quantitative estimate of drug-likeness (QED) is 0.571. The predicted molar refractivity (Wildman–Crippen MR) is 108 cm³/mol. The van der Waals surface area contributed by atoms with Gasteiger partial charge in [0.2, 0.25) is 10.0 Å². The van der Waals surface area contributed by atoms with Crippen LogP contribution in [-0.2, 0) is 16.6 Å². The number of hydrogen-bond acceptors (Lipinski definition) is 4. The second kappa shape index (κ2) is 8.81. The molecule has 0 unspecified atom stereocenters. The molecule has 0 aliphatic rings. The van der Waals surface area contributed by atoms with Crippen LogP contribution in [0.15, 0.2) is 72.1 Å². The number of carbonyl (C=O) groups excluding carboxylic acids is 1. The van der Waals surface area contributed by atoms with Crippen LogP contribution < -0.4 is 10.0 Å². The van der Waals surface area contributed by atoms with Crippen LogP contribution in [0.5, 0.6) is 0 Å². The first kappa shape index (κ1) is 19.8. The molecule has 1 aromatic heterocycles. The highest BCUT2D eigenvalue weighted by molar-refractivity contribution is 7.89. The van der Waals surface area contributed by atoms with Gasteiger partial charge in [-0.1, -0.05) is 18.2 Å². The Morgan fingerprint density at radius 2 is 1.93 bits per heavy atom. The summed E-state index contributed by atoms with van der Waals surface area (Å²) in [5, 5.41) is 2.81. The SMILES string of the molecule is Cc1cc(S(=O)(=O)NCCCn2ccnc2)ccc1NC(=O)c1ccccc1. The first-order chi connectivity index (χ1) is 13.5. The van der Waals surface area contributed by atoms with E-state index in [9.17, 15) is 13.2 Å². The van der Waals surface area contributed by atoms with Gasteiger partial charge in [0, 0.05) is 36.7 Å². The Balaban J connectivity index is 1.61. The molecule has 0 aliphatic carbocycles. The highest BCUT2D eigenvalue weighted by Crippen LogP contribution is 2.20. The number of benzene rings is 2. The molecule has 0 aliphatic heterocycles. The van der Waals surface area contributed by atoms with Crippen molar-refractivity contribution in [1.29, 1.82) is 0 Å². The summed E-state index contributed by atoms with van der Waals surface area (Å²) in [6.07, 6.45) is 5.87. The van der Waals surface area contributed by atoms with E-state index in [-0.39, 0.29) is 10.8 Å². The van der Waals surface area contributed by atoms with Crippen LogP contribution in [0.1, 0.15) is 22.3 Å². The van der Waals surface area contributed by atoms with Crippen molar-refractivity contribution in [2.75, 3.05) is 11.9 Å². The number of carbonyl (C=O) groups is 1. The normalized spacial score (nSPS) is 11.3. The van der Waals surface area contributed by atoms with Crippen LogP contribution in [0, 0.1) is 6.92 Å². The molecule has 0 saturated carbocycles. The average Bonchev–Trinajstić information content (AvgIpc) is 3.21. The summed E-state index contributed by atoms with van der Waals surface area (Å²) in [7, 11) is -3.61. The maximum absolute atomic E-state index is 12.5. The summed E-state index contributed by atoms with van der Waals surface area (Å²) in [6.45, 7) is 2.77. The van der Waals surface area contributed by atoms with E-state index < -0.39 is 10.0 Å². The number of rotatable bonds is 8. The summed E-state index contributed by atoms with van der Waals surface area (Å²) in [5.41, 5.74) is 1.79. The zero-order chi connectivity index (χ0) is 20.0. The molecule has 8 heteroatoms. The second-order valence-corrected chi connectivity index (χ2v) is 8.12. The molecule has 28 heavy (non-hydrogen) atoms. The molecule has 0 bridgehead atoms. The Hall–Kier alpha value is -2.97. The molecule has 3 aromatic rings. The lowest BCUT2D eigenvalue weighted by molar-refractivity contribution is 0.102. The van der Waals surface area contributed by atoms with Crippen LogP contribution in [0.3, 0.4) is 0 Å². The summed E-state index contributed by atoms with van der Waals surface area (Å²) < 4.78 is 29.5. The summed E-state index contributed by atoms with van der Waals surface area (Å²) in [6, 6.07) is 13.5. The van der Waals surface area contributed by atoms with E-state index in [0.717, 1.165) is 0 Å². The molecular formula is C20H22N4O3S. The average molecular weight is 398 g/mol. The number of amides is 1. The highest BCUT2D eigenvalue weighted by atomic mass is 32.2. The molecule has 0 spiro atoms. The molecule has 2 N–H and O–H groups in total. The first-order valence-electron chi connectivity index (χ1n) is 8.88. The van der Waals surface area contributed by atoms with Crippen molar-refractivity contribution in [3.63, 3.8) is 0 Å². The van der Waals surface area contributed by atoms with Gasteiger partial charge in [0.1, 0.15) is 0 Å². The van der Waals surface area contributed by atoms with Crippen molar-refractivity contribution in [2.45, 2.75) is 24.8 Å². The molecule has 1 heterocycles. The van der Waals surface area contributed by atoms with E-state index in [1.54, 1.807) is 55.8 Å². The number of nitrogens with one attached hydrogen (secondary N) is 2. The van der Waals surface area contributed by atoms with Gasteiger partial charge in [0.15, 0.2) is 0 Å². The van der Waals surface area contributed by atoms with Gasteiger partial charge in [-0.3, -0.25) is 4.79 Å². The molecule has 0 fully saturated rings. The zero-order valence-electron chi connectivity index (χ0n) is 15.5. The second-order valence-electron chi connectivity index (χ2n) is 6.35. The Labute approximate surface area is 164 Å². The van der Waals surface area contributed by atoms with Gasteiger partial charge in [-0.2, -0.15) is 0 Å². The fourth-order valence-corrected chi connectivity index (χ4v) is 3.86. The van der Waals surface area contributed by atoms with Crippen molar-refractivity contribution < 1.29 is 13.2 Å². The molecular weight excluding hydrogens is 376 g/mol. The van der Waals surface area contributed by atoms with Crippen molar-refractivity contribution in [2.24, 2.45) is 0 Å². The van der Waals surface area contributed by atoms with Gasteiger partial charge in [0.25, 0.3) is 5.91 Å². The fourth-order valence-electron chi connectivity index (χ4n) is 2.70. The third kappa shape index (κ3) is 5.05. The van der Waals surface area contributed by atoms with Crippen LogP contribution in [-0.4, -0.2) is 30.4 Å². The van der Waals surface area contributed by atoms with E-state index in [1.807, 2.05) is 16.8 Å². The van der Waals surface area contributed by atoms with Gasteiger partial charge in [-0.25, -0.2) is 18.1 Å². The molecule has 3 rings (SSSR count). The zero-order valence-corrected chi connectivity index (χ0v) is 16.3. The van der Waals surface area contributed by atoms with E-state index in [2.05, 4.69) is 15.0 Å². The lowest BCUT2D eigenvalue weighted by Crippen LogP contribution is -2.25. The van der Waals surface area contributed by atoms with Crippen LogP contribution >= 0.6 is 0 Å². The van der Waals surface area contributed by atoms with Gasteiger partial charge < -0.3 is 9.88 Å². The highest BCUT2D eigenvalue weighted by Gasteiger charge is 2.15. The molecule has 2 aromatic carbocycles. The third-order valence-electron chi connectivity index (χ3n) is 4.24. The fraction of sp³-hybridized carbons (Fsp3) is 0.200. The topological polar surface area (TPSA) is 93.1 Å². The molecule has 0 saturated heterocycles. The molecule has 0 radical (unpaired) electrons. The standard InChI is InChI=1S/C20H22N4O3S/c1-16-14-18(28(26,27)22-10-5-12-24-13-11-21-15-24)8-9-19(16)23-20(25)17-6-3-2-4-7-17/h2-4,6-9,11,13-15,22H,5,10,12H2,1H3,(H,23,25). The van der Waals surface area contributed by atoms with Crippen LogP contribution in [0.2, 0.25) is 0 Å². The third-order valence-corrected chi connectivity index (χ3v) is 5.70. The minimum Gasteiger partial charge on any atom is -0.337 e. The lowest BCUT2D eigenvalue weighted by atomic mass is 10.1. The first-order valence-corrected chi connectivity index (χ1v) is 10.4. The van der Waals surface area contributed by atoms with Gasteiger partial charge in [-0.05, 0) is 49.2 Å². The van der Waals surface area contributed by atoms with Crippen molar-refractivity contribution >= 4 is 21.6 Å². The van der Waals surface area contributed by atoms with Crippen molar-refractivity contribution in [1.82, 2.24) is 14.3 Å². The summed E-state index contributed by atoms with van der Waals surface area (Å²) >= 11 is 0. The number of anilines is 1. The predicted octanol–water partition coefficient (Wildman–Crippen LogP) is 2.81. The number of imidazole rings is 1. The Morgan fingerprint density at radius 1 is 1.14 bits per heavy atom. The number of sulfonamides is 1. The minimum absolute atomic E-state index is 0.172. The lowest BCUT2D eigenvalue weighted by Gasteiger charge is -2.12. The Morgan fingerprint density at radius 3 is 2.61 bits per heavy atom. The Bertz CT molecular complexity index is 1030. The van der Waals surface area contributed by atoms with Crippen LogP contribution in [0.25, 0.3) is 0 Å². The summed E-state index contributed by atoms with van der Waals surface area (Å²) in [4.78, 5) is 16.4. The maximum Gasteiger partial charge on any atom is 0.255 e. The number of nitrogens with zero attached hydrogens (tertiary/aromatic N) is 2. The largest absolute Gasteiger partial charge is 0.337 e. The molecule has 7 nitrogen and oxygen atoms in total. The van der Waals surface area contributed by atoms with E-state index in [0.29, 0.717) is 36.3 Å². The van der Waals surface area contributed by atoms with Gasteiger partial charge in [0.05, 0.1) is 11.2 Å². The Kier molecular flexibility index (Phi) is 6.23. The number of aryl methyl sites for hydroxylation is 2. The van der Waals surface area contributed by atoms with Gasteiger partial charge in [-0.15, -0.1) is 0 Å².